The van der Waals surface area contributed by atoms with Crippen LogP contribution in [-0.4, -0.2) is 24.2 Å². The van der Waals surface area contributed by atoms with Crippen molar-refractivity contribution in [2.24, 2.45) is 11.8 Å². The number of halogens is 1. The number of ether oxygens (including phenoxy) is 1. The minimum Gasteiger partial charge on any atom is -0.488 e. The highest BCUT2D eigenvalue weighted by atomic mass is 35.5. The zero-order valence-corrected chi connectivity index (χ0v) is 9.07. The van der Waals surface area contributed by atoms with E-state index in [-0.39, 0.29) is 0 Å². The first-order valence-corrected chi connectivity index (χ1v) is 5.69. The molecule has 4 heteroatoms. The fourth-order valence-electron chi connectivity index (χ4n) is 2.50. The molecule has 2 bridgehead atoms. The molecule has 0 radical (unpaired) electrons. The zero-order valence-electron chi connectivity index (χ0n) is 8.32. The van der Waals surface area contributed by atoms with Gasteiger partial charge in [0, 0.05) is 43.4 Å². The minimum atomic E-state index is 0.353. The second-order valence-corrected chi connectivity index (χ2v) is 4.71. The number of nitrogens with zero attached hydrogens (tertiary/aromatic N) is 1. The predicted octanol–water partition coefficient (Wildman–Crippen LogP) is 1.72. The number of hydrogen-bond donors (Lipinski definition) is 1. The van der Waals surface area contributed by atoms with E-state index < -0.39 is 0 Å². The van der Waals surface area contributed by atoms with Crippen LogP contribution in [0.5, 0.6) is 5.75 Å². The third-order valence-corrected chi connectivity index (χ3v) is 3.63. The molecule has 0 amide bonds. The normalized spacial score (nSPS) is 33.3. The van der Waals surface area contributed by atoms with Crippen molar-refractivity contribution in [2.45, 2.75) is 12.5 Å². The van der Waals surface area contributed by atoms with Gasteiger partial charge in [-0.3, -0.25) is 4.98 Å². The molecule has 1 N–H and O–H groups in total. The minimum absolute atomic E-state index is 0.353. The van der Waals surface area contributed by atoms with Crippen LogP contribution in [0.25, 0.3) is 0 Å². The highest BCUT2D eigenvalue weighted by Gasteiger charge is 2.45. The molecule has 15 heavy (non-hydrogen) atoms. The smallest absolute Gasteiger partial charge is 0.141 e. The van der Waals surface area contributed by atoms with E-state index in [1.807, 2.05) is 6.07 Å². The Hall–Kier alpha value is -0.800. The molecule has 0 spiro atoms. The van der Waals surface area contributed by atoms with Crippen molar-refractivity contribution >= 4 is 11.6 Å². The molecule has 1 saturated carbocycles. The van der Waals surface area contributed by atoms with E-state index in [9.17, 15) is 0 Å². The number of rotatable bonds is 2. The van der Waals surface area contributed by atoms with Crippen molar-refractivity contribution < 1.29 is 4.74 Å². The third-order valence-electron chi connectivity index (χ3n) is 3.35. The quantitative estimate of drug-likeness (QED) is 0.831. The van der Waals surface area contributed by atoms with Gasteiger partial charge in [-0.05, 0) is 6.42 Å². The highest BCUT2D eigenvalue weighted by molar-refractivity contribution is 6.31. The Bertz CT molecular complexity index is 357. The molecule has 1 aromatic rings. The van der Waals surface area contributed by atoms with Gasteiger partial charge in [-0.15, -0.1) is 0 Å². The summed E-state index contributed by atoms with van der Waals surface area (Å²) in [4.78, 5) is 3.94. The summed E-state index contributed by atoms with van der Waals surface area (Å²) in [6, 6.07) is 1.84. The lowest BCUT2D eigenvalue weighted by Gasteiger charge is -2.49. The first-order valence-electron chi connectivity index (χ1n) is 5.31. The lowest BCUT2D eigenvalue weighted by molar-refractivity contribution is -0.0445. The Balaban J connectivity index is 1.73. The monoisotopic (exact) mass is 224 g/mol. The number of fused-ring (bicyclic) bond motifs is 2. The fraction of sp³-hybridized carbons (Fsp3) is 0.545. The molecule has 1 aromatic heterocycles. The summed E-state index contributed by atoms with van der Waals surface area (Å²) in [5.74, 6) is 2.09. The van der Waals surface area contributed by atoms with Crippen molar-refractivity contribution in [3.8, 4) is 5.75 Å². The van der Waals surface area contributed by atoms with E-state index >= 15 is 0 Å². The van der Waals surface area contributed by atoms with Gasteiger partial charge in [0.1, 0.15) is 16.9 Å². The Morgan fingerprint density at radius 2 is 2.20 bits per heavy atom. The van der Waals surface area contributed by atoms with Crippen LogP contribution in [-0.2, 0) is 0 Å². The van der Waals surface area contributed by atoms with E-state index in [2.05, 4.69) is 10.3 Å². The number of hydrogen-bond acceptors (Lipinski definition) is 3. The van der Waals surface area contributed by atoms with Gasteiger partial charge in [-0.2, -0.15) is 0 Å². The maximum Gasteiger partial charge on any atom is 0.141 e. The van der Waals surface area contributed by atoms with Crippen LogP contribution in [0.2, 0.25) is 5.02 Å². The number of pyridine rings is 1. The summed E-state index contributed by atoms with van der Waals surface area (Å²) in [6.45, 7) is 2.15. The van der Waals surface area contributed by atoms with Gasteiger partial charge >= 0.3 is 0 Å². The maximum absolute atomic E-state index is 6.00. The van der Waals surface area contributed by atoms with Gasteiger partial charge in [-0.25, -0.2) is 0 Å². The van der Waals surface area contributed by atoms with Gasteiger partial charge in [0.15, 0.2) is 0 Å². The van der Waals surface area contributed by atoms with E-state index in [1.165, 1.54) is 6.42 Å². The lowest BCUT2D eigenvalue weighted by Crippen LogP contribution is -2.59. The summed E-state index contributed by atoms with van der Waals surface area (Å²) < 4.78 is 5.94. The average molecular weight is 225 g/mol. The van der Waals surface area contributed by atoms with Crippen LogP contribution >= 0.6 is 11.6 Å². The SMILES string of the molecule is Clc1cnccc1OC1[C@@H]2CNC[C@H]1C2. The van der Waals surface area contributed by atoms with Crippen LogP contribution in [0.4, 0.5) is 0 Å². The number of nitrogens with one attached hydrogen (secondary N) is 1. The summed E-state index contributed by atoms with van der Waals surface area (Å²) in [5, 5.41) is 4.00. The molecule has 2 heterocycles. The van der Waals surface area contributed by atoms with Crippen molar-refractivity contribution in [2.75, 3.05) is 13.1 Å². The van der Waals surface area contributed by atoms with Crippen LogP contribution in [0, 0.1) is 11.8 Å². The number of piperidine rings is 2. The topological polar surface area (TPSA) is 34.1 Å². The lowest BCUT2D eigenvalue weighted by atomic mass is 9.69. The second kappa shape index (κ2) is 3.65. The molecule has 2 fully saturated rings. The molecule has 2 aliphatic rings. The first kappa shape index (κ1) is 9.43. The first-order chi connectivity index (χ1) is 7.34. The van der Waals surface area contributed by atoms with Gasteiger partial charge in [-0.1, -0.05) is 11.6 Å². The third kappa shape index (κ3) is 1.60. The Kier molecular flexibility index (Phi) is 2.29. The van der Waals surface area contributed by atoms with E-state index in [0.717, 1.165) is 18.8 Å². The fourth-order valence-corrected chi connectivity index (χ4v) is 2.66. The van der Waals surface area contributed by atoms with Crippen molar-refractivity contribution in [3.05, 3.63) is 23.5 Å². The number of aromatic nitrogens is 1. The summed E-state index contributed by atoms with van der Waals surface area (Å²) >= 11 is 6.00. The molecule has 3 rings (SSSR count). The van der Waals surface area contributed by atoms with Crippen molar-refractivity contribution in [1.82, 2.24) is 10.3 Å². The molecular weight excluding hydrogens is 212 g/mol. The van der Waals surface area contributed by atoms with Gasteiger partial charge in [0.05, 0.1) is 0 Å². The molecule has 3 atom stereocenters. The standard InChI is InChI=1S/C11H13ClN2O/c12-9-6-13-2-1-10(9)15-11-7-3-8(11)5-14-4-7/h1-2,6-8,11,14H,3-5H2/t7-,8+,11?. The Morgan fingerprint density at radius 1 is 1.40 bits per heavy atom. The van der Waals surface area contributed by atoms with E-state index in [1.54, 1.807) is 12.4 Å². The van der Waals surface area contributed by atoms with Gasteiger partial charge < -0.3 is 10.1 Å². The van der Waals surface area contributed by atoms with Crippen molar-refractivity contribution in [3.63, 3.8) is 0 Å². The molecule has 1 aliphatic heterocycles. The van der Waals surface area contributed by atoms with Crippen LogP contribution in [0.3, 0.4) is 0 Å². The molecule has 1 unspecified atom stereocenters. The van der Waals surface area contributed by atoms with Gasteiger partial charge in [0.2, 0.25) is 0 Å². The summed E-state index contributed by atoms with van der Waals surface area (Å²) in [7, 11) is 0. The Labute approximate surface area is 93.8 Å². The summed E-state index contributed by atoms with van der Waals surface area (Å²) in [5.41, 5.74) is 0. The molecule has 3 nitrogen and oxygen atoms in total. The van der Waals surface area contributed by atoms with Crippen LogP contribution < -0.4 is 10.1 Å². The average Bonchev–Trinajstić information content (AvgIpc) is 2.29. The second-order valence-electron chi connectivity index (χ2n) is 4.30. The zero-order chi connectivity index (χ0) is 10.3. The largest absolute Gasteiger partial charge is 0.488 e. The molecule has 80 valence electrons. The predicted molar refractivity (Wildman–Crippen MR) is 58.1 cm³/mol. The Morgan fingerprint density at radius 3 is 2.87 bits per heavy atom. The van der Waals surface area contributed by atoms with Gasteiger partial charge in [0.25, 0.3) is 0 Å². The van der Waals surface area contributed by atoms with Crippen LogP contribution in [0.1, 0.15) is 6.42 Å². The van der Waals surface area contributed by atoms with Crippen molar-refractivity contribution in [1.29, 1.82) is 0 Å². The summed E-state index contributed by atoms with van der Waals surface area (Å²) in [6.07, 6.45) is 4.99. The van der Waals surface area contributed by atoms with Crippen LogP contribution in [0.15, 0.2) is 18.5 Å². The van der Waals surface area contributed by atoms with E-state index in [0.29, 0.717) is 23.0 Å². The molecular formula is C11H13ClN2O. The molecule has 1 saturated heterocycles. The highest BCUT2D eigenvalue weighted by Crippen LogP contribution is 2.40. The molecule has 0 aromatic carbocycles. The molecule has 1 aliphatic carbocycles. The maximum atomic E-state index is 6.00. The van der Waals surface area contributed by atoms with E-state index in [4.69, 9.17) is 16.3 Å².